The summed E-state index contributed by atoms with van der Waals surface area (Å²) in [4.78, 5) is 4.63. The lowest BCUT2D eigenvalue weighted by Crippen LogP contribution is -2.08. The first-order valence-corrected chi connectivity index (χ1v) is 12.8. The van der Waals surface area contributed by atoms with Crippen molar-refractivity contribution in [1.82, 2.24) is 4.98 Å². The van der Waals surface area contributed by atoms with Crippen LogP contribution in [0.4, 0.5) is 4.39 Å². The molecule has 0 aliphatic heterocycles. The van der Waals surface area contributed by atoms with E-state index < -0.39 is 0 Å². The Labute approximate surface area is 210 Å². The third-order valence-corrected chi connectivity index (χ3v) is 6.16. The Hall–Kier alpha value is -3.04. The van der Waals surface area contributed by atoms with Crippen molar-refractivity contribution in [3.05, 3.63) is 96.5 Å². The van der Waals surface area contributed by atoms with E-state index in [2.05, 4.69) is 43.6 Å². The number of unbranched alkanes of at least 4 members (excludes halogenated alkanes) is 3. The van der Waals surface area contributed by atoms with Crippen molar-refractivity contribution in [1.29, 1.82) is 0 Å². The highest BCUT2D eigenvalue weighted by molar-refractivity contribution is 5.69. The highest BCUT2D eigenvalue weighted by atomic mass is 19.1. The smallest absolute Gasteiger partial charge is 0.127 e. The van der Waals surface area contributed by atoms with Gasteiger partial charge in [-0.05, 0) is 73.4 Å². The molecule has 2 nitrogen and oxygen atoms in total. The number of allylic oxidation sites excluding steroid dienone is 2. The van der Waals surface area contributed by atoms with Crippen LogP contribution in [0.25, 0.3) is 28.5 Å². The maximum Gasteiger partial charge on any atom is 0.127 e. The molecule has 1 aromatic heterocycles. The van der Waals surface area contributed by atoms with Gasteiger partial charge in [-0.3, -0.25) is 4.98 Å². The first-order valence-electron chi connectivity index (χ1n) is 12.8. The molecular formula is C32H38FNO. The molecule has 1 atom stereocenters. The number of rotatable bonds is 14. The number of nitrogens with zero attached hydrogens (tertiary/aromatic N) is 1. The molecule has 3 heteroatoms. The van der Waals surface area contributed by atoms with Gasteiger partial charge in [0.2, 0.25) is 0 Å². The number of pyridine rings is 1. The summed E-state index contributed by atoms with van der Waals surface area (Å²) in [5.74, 6) is -0.193. The fourth-order valence-corrected chi connectivity index (χ4v) is 4.02. The van der Waals surface area contributed by atoms with E-state index in [1.54, 1.807) is 12.1 Å². The van der Waals surface area contributed by atoms with Gasteiger partial charge in [0, 0.05) is 18.4 Å². The van der Waals surface area contributed by atoms with E-state index in [1.807, 2.05) is 48.7 Å². The van der Waals surface area contributed by atoms with Crippen LogP contribution >= 0.6 is 0 Å². The highest BCUT2D eigenvalue weighted by Gasteiger charge is 2.06. The van der Waals surface area contributed by atoms with E-state index in [9.17, 15) is 4.39 Å². The third kappa shape index (κ3) is 8.60. The first-order chi connectivity index (χ1) is 17.1. The Morgan fingerprint density at radius 1 is 0.971 bits per heavy atom. The largest absolute Gasteiger partial charge is 0.379 e. The number of ether oxygens (including phenoxy) is 1. The van der Waals surface area contributed by atoms with Crippen LogP contribution in [0.3, 0.4) is 0 Å². The molecular weight excluding hydrogens is 433 g/mol. The number of hydrogen-bond donors (Lipinski definition) is 0. The molecule has 1 unspecified atom stereocenters. The minimum Gasteiger partial charge on any atom is -0.379 e. The molecule has 0 bridgehead atoms. The molecule has 0 saturated carbocycles. The van der Waals surface area contributed by atoms with E-state index in [4.69, 9.17) is 4.74 Å². The van der Waals surface area contributed by atoms with Crippen LogP contribution in [-0.4, -0.2) is 17.7 Å². The number of hydrogen-bond acceptors (Lipinski definition) is 2. The van der Waals surface area contributed by atoms with Crippen molar-refractivity contribution in [2.75, 3.05) is 6.61 Å². The quantitative estimate of drug-likeness (QED) is 0.173. The van der Waals surface area contributed by atoms with Gasteiger partial charge in [0.1, 0.15) is 5.82 Å². The molecule has 0 amide bonds. The molecule has 0 spiro atoms. The Morgan fingerprint density at radius 3 is 2.43 bits per heavy atom. The minimum atomic E-state index is -0.193. The highest BCUT2D eigenvalue weighted by Crippen LogP contribution is 2.26. The van der Waals surface area contributed by atoms with E-state index in [-0.39, 0.29) is 5.82 Å². The molecule has 184 valence electrons. The Balaban J connectivity index is 1.49. The van der Waals surface area contributed by atoms with Gasteiger partial charge in [-0.2, -0.15) is 0 Å². The summed E-state index contributed by atoms with van der Waals surface area (Å²) in [5.41, 5.74) is 5.59. The van der Waals surface area contributed by atoms with Crippen molar-refractivity contribution in [2.45, 2.75) is 64.9 Å². The number of aromatic nitrogens is 1. The Bertz CT molecular complexity index is 1070. The number of halogens is 1. The molecule has 2 aromatic carbocycles. The van der Waals surface area contributed by atoms with Crippen LogP contribution in [0.1, 0.15) is 63.5 Å². The van der Waals surface area contributed by atoms with Crippen LogP contribution in [0.2, 0.25) is 0 Å². The second kappa shape index (κ2) is 14.4. The van der Waals surface area contributed by atoms with Gasteiger partial charge < -0.3 is 4.74 Å². The van der Waals surface area contributed by atoms with Gasteiger partial charge in [0.05, 0.1) is 11.8 Å². The van der Waals surface area contributed by atoms with Gasteiger partial charge in [0.15, 0.2) is 0 Å². The fraction of sp³-hybridized carbons (Fsp3) is 0.344. The van der Waals surface area contributed by atoms with Crippen LogP contribution in [-0.2, 0) is 11.2 Å². The second-order valence-electron chi connectivity index (χ2n) is 9.07. The summed E-state index contributed by atoms with van der Waals surface area (Å²) < 4.78 is 20.1. The monoisotopic (exact) mass is 471 g/mol. The maximum absolute atomic E-state index is 14.3. The maximum atomic E-state index is 14.3. The Kier molecular flexibility index (Phi) is 10.9. The molecule has 3 aromatic rings. The molecule has 0 fully saturated rings. The average Bonchev–Trinajstić information content (AvgIpc) is 2.88. The standard InChI is InChI=1S/C32H38FNO/c1-4-6-10-22-35-25(3)12-8-7-9-13-26-14-21-32(34-24-26)29-18-15-27(16-19-29)30-20-17-28(11-5-2)31(33)23-30/h5,9,13-21,23-25H,2,4,6-8,10-12,22H2,1,3H3. The van der Waals surface area contributed by atoms with Gasteiger partial charge in [-0.15, -0.1) is 6.58 Å². The molecule has 0 N–H and O–H groups in total. The van der Waals surface area contributed by atoms with Gasteiger partial charge >= 0.3 is 0 Å². The second-order valence-corrected chi connectivity index (χ2v) is 9.07. The lowest BCUT2D eigenvalue weighted by atomic mass is 10.00. The van der Waals surface area contributed by atoms with Crippen LogP contribution in [0.5, 0.6) is 0 Å². The molecule has 0 saturated heterocycles. The minimum absolute atomic E-state index is 0.193. The number of benzene rings is 2. The molecule has 3 rings (SSSR count). The third-order valence-electron chi connectivity index (χ3n) is 6.16. The molecule has 0 aliphatic carbocycles. The zero-order chi connectivity index (χ0) is 24.9. The van der Waals surface area contributed by atoms with E-state index in [0.717, 1.165) is 60.2 Å². The molecule has 1 heterocycles. The van der Waals surface area contributed by atoms with E-state index in [0.29, 0.717) is 18.1 Å². The van der Waals surface area contributed by atoms with E-state index in [1.165, 1.54) is 12.8 Å². The first kappa shape index (κ1) is 26.6. The topological polar surface area (TPSA) is 22.1 Å². The summed E-state index contributed by atoms with van der Waals surface area (Å²) >= 11 is 0. The van der Waals surface area contributed by atoms with Crippen molar-refractivity contribution >= 4 is 6.08 Å². The van der Waals surface area contributed by atoms with Crippen molar-refractivity contribution in [3.8, 4) is 22.4 Å². The molecule has 35 heavy (non-hydrogen) atoms. The predicted molar refractivity (Wildman–Crippen MR) is 147 cm³/mol. The van der Waals surface area contributed by atoms with Crippen molar-refractivity contribution in [2.24, 2.45) is 0 Å². The van der Waals surface area contributed by atoms with Crippen LogP contribution in [0.15, 0.2) is 79.5 Å². The predicted octanol–water partition coefficient (Wildman–Crippen LogP) is 9.06. The van der Waals surface area contributed by atoms with E-state index >= 15 is 0 Å². The lowest BCUT2D eigenvalue weighted by molar-refractivity contribution is 0.0566. The van der Waals surface area contributed by atoms with Gasteiger partial charge in [-0.1, -0.05) is 80.5 Å². The summed E-state index contributed by atoms with van der Waals surface area (Å²) in [7, 11) is 0. The summed E-state index contributed by atoms with van der Waals surface area (Å²) in [5, 5.41) is 0. The molecule has 0 radical (unpaired) electrons. The average molecular weight is 472 g/mol. The zero-order valence-corrected chi connectivity index (χ0v) is 21.2. The van der Waals surface area contributed by atoms with Gasteiger partial charge in [0.25, 0.3) is 0 Å². The van der Waals surface area contributed by atoms with Crippen LogP contribution in [0, 0.1) is 5.82 Å². The summed E-state index contributed by atoms with van der Waals surface area (Å²) in [6.07, 6.45) is 15.8. The normalized spacial score (nSPS) is 12.2. The van der Waals surface area contributed by atoms with Crippen LogP contribution < -0.4 is 0 Å². The summed E-state index contributed by atoms with van der Waals surface area (Å²) in [6, 6.07) is 17.6. The fourth-order valence-electron chi connectivity index (χ4n) is 4.02. The van der Waals surface area contributed by atoms with Gasteiger partial charge in [-0.25, -0.2) is 4.39 Å². The Morgan fingerprint density at radius 2 is 1.74 bits per heavy atom. The SMILES string of the molecule is C=CCc1ccc(-c2ccc(-c3ccc(C=CCCCC(C)OCCCCC)cn3)cc2)cc1F. The zero-order valence-electron chi connectivity index (χ0n) is 21.2. The van der Waals surface area contributed by atoms with Crippen molar-refractivity contribution < 1.29 is 9.13 Å². The summed E-state index contributed by atoms with van der Waals surface area (Å²) in [6.45, 7) is 8.95. The lowest BCUT2D eigenvalue weighted by Gasteiger charge is -2.11. The molecule has 0 aliphatic rings. The van der Waals surface area contributed by atoms with Crippen molar-refractivity contribution in [3.63, 3.8) is 0 Å².